The van der Waals surface area contributed by atoms with Crippen LogP contribution in [-0.4, -0.2) is 36.4 Å². The zero-order chi connectivity index (χ0) is 16.4. The maximum absolute atomic E-state index is 12.6. The lowest BCUT2D eigenvalue weighted by atomic mass is 9.76. The number of hydrogen-bond donors (Lipinski definition) is 0. The van der Waals surface area contributed by atoms with Crippen LogP contribution in [0.25, 0.3) is 0 Å². The average molecular weight is 323 g/mol. The number of piperidine rings is 2. The molecule has 23 heavy (non-hydrogen) atoms. The predicted octanol–water partition coefficient (Wildman–Crippen LogP) is 3.66. The van der Waals surface area contributed by atoms with Crippen molar-refractivity contribution in [2.45, 2.75) is 57.2 Å². The molecule has 0 N–H and O–H groups in total. The van der Waals surface area contributed by atoms with E-state index in [0.717, 1.165) is 18.4 Å². The molecule has 2 atom stereocenters. The number of hydrogen-bond acceptors (Lipinski definition) is 3. The highest BCUT2D eigenvalue weighted by molar-refractivity contribution is 5.83. The van der Waals surface area contributed by atoms with Gasteiger partial charge in [-0.2, -0.15) is 8.78 Å². The van der Waals surface area contributed by atoms with Gasteiger partial charge in [-0.1, -0.05) is 18.6 Å². The Labute approximate surface area is 135 Å². The smallest absolute Gasteiger partial charge is 0.387 e. The summed E-state index contributed by atoms with van der Waals surface area (Å²) in [5.41, 5.74) is 0.747. The zero-order valence-corrected chi connectivity index (χ0v) is 13.4. The first-order valence-electron chi connectivity index (χ1n) is 8.31. The van der Waals surface area contributed by atoms with Crippen molar-refractivity contribution < 1.29 is 18.3 Å². The molecule has 2 heterocycles. The Kier molecular flexibility index (Phi) is 4.95. The van der Waals surface area contributed by atoms with Gasteiger partial charge in [0.2, 0.25) is 0 Å². The van der Waals surface area contributed by atoms with Gasteiger partial charge in [0.1, 0.15) is 11.5 Å². The highest BCUT2D eigenvalue weighted by Gasteiger charge is 2.38. The van der Waals surface area contributed by atoms with Gasteiger partial charge >= 0.3 is 6.61 Å². The van der Waals surface area contributed by atoms with Crippen LogP contribution >= 0.6 is 0 Å². The second-order valence-corrected chi connectivity index (χ2v) is 6.74. The number of ether oxygens (including phenoxy) is 1. The summed E-state index contributed by atoms with van der Waals surface area (Å²) in [7, 11) is 2.17. The lowest BCUT2D eigenvalue weighted by Crippen LogP contribution is -2.51. The second kappa shape index (κ2) is 6.95. The first-order chi connectivity index (χ1) is 11.0. The van der Waals surface area contributed by atoms with Gasteiger partial charge in [0.25, 0.3) is 0 Å². The molecule has 126 valence electrons. The molecular weight excluding hydrogens is 300 g/mol. The molecule has 1 aromatic carbocycles. The number of alkyl halides is 2. The third kappa shape index (κ3) is 3.89. The molecule has 2 saturated heterocycles. The number of carbonyl (C=O) groups excluding carboxylic acids is 1. The van der Waals surface area contributed by atoms with E-state index in [1.807, 2.05) is 0 Å². The Morgan fingerprint density at radius 1 is 1.30 bits per heavy atom. The summed E-state index contributed by atoms with van der Waals surface area (Å²) >= 11 is 0. The van der Waals surface area contributed by atoms with Crippen molar-refractivity contribution in [2.24, 2.45) is 5.92 Å². The van der Waals surface area contributed by atoms with Crippen LogP contribution in [0.4, 0.5) is 8.78 Å². The quantitative estimate of drug-likeness (QED) is 0.828. The minimum atomic E-state index is -2.84. The molecule has 0 radical (unpaired) electrons. The summed E-state index contributed by atoms with van der Waals surface area (Å²) in [6.45, 7) is -2.84. The van der Waals surface area contributed by atoms with Gasteiger partial charge in [0.05, 0.1) is 0 Å². The van der Waals surface area contributed by atoms with Gasteiger partial charge in [-0.15, -0.1) is 0 Å². The number of rotatable bonds is 5. The largest absolute Gasteiger partial charge is 0.435 e. The maximum atomic E-state index is 12.6. The van der Waals surface area contributed by atoms with E-state index in [1.54, 1.807) is 18.2 Å². The SMILES string of the molecule is CN1C2CCCC1CC(C(=O)Cc1cccc(OC(F)F)c1)C2. The van der Waals surface area contributed by atoms with Gasteiger partial charge in [-0.3, -0.25) is 4.79 Å². The summed E-state index contributed by atoms with van der Waals surface area (Å²) in [5, 5.41) is 0. The monoisotopic (exact) mass is 323 g/mol. The third-order valence-electron chi connectivity index (χ3n) is 5.30. The van der Waals surface area contributed by atoms with Gasteiger partial charge in [-0.25, -0.2) is 0 Å². The van der Waals surface area contributed by atoms with E-state index in [2.05, 4.69) is 16.7 Å². The molecule has 0 saturated carbocycles. The van der Waals surface area contributed by atoms with Gasteiger partial charge in [-0.05, 0) is 50.4 Å². The number of benzene rings is 1. The normalized spacial score (nSPS) is 27.9. The molecule has 0 aliphatic carbocycles. The lowest BCUT2D eigenvalue weighted by molar-refractivity contribution is -0.125. The molecular formula is C18H23F2NO2. The van der Waals surface area contributed by atoms with Crippen LogP contribution in [0.5, 0.6) is 5.75 Å². The van der Waals surface area contributed by atoms with E-state index < -0.39 is 6.61 Å². The van der Waals surface area contributed by atoms with Crippen molar-refractivity contribution in [1.82, 2.24) is 4.90 Å². The minimum Gasteiger partial charge on any atom is -0.435 e. The molecule has 2 bridgehead atoms. The van der Waals surface area contributed by atoms with E-state index in [9.17, 15) is 13.6 Å². The molecule has 1 aromatic rings. The molecule has 2 aliphatic heterocycles. The predicted molar refractivity (Wildman–Crippen MR) is 83.7 cm³/mol. The lowest BCUT2D eigenvalue weighted by Gasteiger charge is -2.46. The Balaban J connectivity index is 1.63. The molecule has 2 unspecified atom stereocenters. The first kappa shape index (κ1) is 16.4. The van der Waals surface area contributed by atoms with Gasteiger partial charge < -0.3 is 9.64 Å². The van der Waals surface area contributed by atoms with Crippen molar-refractivity contribution in [1.29, 1.82) is 0 Å². The maximum Gasteiger partial charge on any atom is 0.387 e. The molecule has 0 aromatic heterocycles. The molecule has 3 nitrogen and oxygen atoms in total. The van der Waals surface area contributed by atoms with Crippen molar-refractivity contribution in [3.8, 4) is 5.75 Å². The number of ketones is 1. The molecule has 2 fully saturated rings. The summed E-state index contributed by atoms with van der Waals surface area (Å²) in [4.78, 5) is 15.1. The van der Waals surface area contributed by atoms with Crippen LogP contribution < -0.4 is 4.74 Å². The van der Waals surface area contributed by atoms with E-state index in [-0.39, 0.29) is 17.5 Å². The first-order valence-corrected chi connectivity index (χ1v) is 8.31. The Morgan fingerprint density at radius 2 is 2.00 bits per heavy atom. The summed E-state index contributed by atoms with van der Waals surface area (Å²) in [6.07, 6.45) is 5.77. The van der Waals surface area contributed by atoms with Gasteiger partial charge in [0, 0.05) is 24.4 Å². The van der Waals surface area contributed by atoms with Crippen molar-refractivity contribution in [3.63, 3.8) is 0 Å². The third-order valence-corrected chi connectivity index (χ3v) is 5.30. The zero-order valence-electron chi connectivity index (χ0n) is 13.4. The highest BCUT2D eigenvalue weighted by Crippen LogP contribution is 2.36. The summed E-state index contributed by atoms with van der Waals surface area (Å²) in [6, 6.07) is 7.52. The second-order valence-electron chi connectivity index (χ2n) is 6.74. The fourth-order valence-electron chi connectivity index (χ4n) is 4.06. The van der Waals surface area contributed by atoms with E-state index in [0.29, 0.717) is 18.5 Å². The molecule has 0 amide bonds. The van der Waals surface area contributed by atoms with E-state index >= 15 is 0 Å². The van der Waals surface area contributed by atoms with Crippen LogP contribution in [0.2, 0.25) is 0 Å². The Morgan fingerprint density at radius 3 is 2.65 bits per heavy atom. The topological polar surface area (TPSA) is 29.5 Å². The standard InChI is InChI=1S/C18H23F2NO2/c1-21-14-5-3-6-15(21)11-13(10-14)17(22)9-12-4-2-7-16(8-12)23-18(19)20/h2,4,7-8,13-15,18H,3,5-6,9-11H2,1H3. The molecule has 2 aliphatic rings. The van der Waals surface area contributed by atoms with Gasteiger partial charge in [0.15, 0.2) is 0 Å². The van der Waals surface area contributed by atoms with E-state index in [4.69, 9.17) is 0 Å². The van der Waals surface area contributed by atoms with E-state index in [1.165, 1.54) is 25.3 Å². The molecule has 5 heteroatoms. The number of halogens is 2. The fraction of sp³-hybridized carbons (Fsp3) is 0.611. The average Bonchev–Trinajstić information content (AvgIpc) is 2.46. The number of carbonyl (C=O) groups is 1. The molecule has 3 rings (SSSR count). The van der Waals surface area contributed by atoms with Crippen LogP contribution in [0.3, 0.4) is 0 Å². The van der Waals surface area contributed by atoms with Crippen molar-refractivity contribution in [3.05, 3.63) is 29.8 Å². The van der Waals surface area contributed by atoms with Crippen LogP contribution in [0, 0.1) is 5.92 Å². The van der Waals surface area contributed by atoms with Crippen molar-refractivity contribution in [2.75, 3.05) is 7.05 Å². The highest BCUT2D eigenvalue weighted by atomic mass is 19.3. The molecule has 0 spiro atoms. The minimum absolute atomic E-state index is 0.0983. The number of fused-ring (bicyclic) bond motifs is 2. The van der Waals surface area contributed by atoms with Crippen LogP contribution in [0.15, 0.2) is 24.3 Å². The van der Waals surface area contributed by atoms with Crippen molar-refractivity contribution >= 4 is 5.78 Å². The summed E-state index contributed by atoms with van der Waals surface area (Å²) in [5.74, 6) is 0.441. The number of nitrogens with zero attached hydrogens (tertiary/aromatic N) is 1. The fourth-order valence-corrected chi connectivity index (χ4v) is 4.06. The van der Waals surface area contributed by atoms with Crippen LogP contribution in [0.1, 0.15) is 37.7 Å². The van der Waals surface area contributed by atoms with Crippen LogP contribution in [-0.2, 0) is 11.2 Å². The number of Topliss-reactive ketones (excluding diaryl/α,β-unsaturated/α-hetero) is 1. The summed E-state index contributed by atoms with van der Waals surface area (Å²) < 4.78 is 29.0. The Bertz CT molecular complexity index is 550. The Hall–Kier alpha value is -1.49.